The normalized spacial score (nSPS) is 22.7. The van der Waals surface area contributed by atoms with Gasteiger partial charge in [-0.1, -0.05) is 46.7 Å². The average molecular weight is 476 g/mol. The van der Waals surface area contributed by atoms with Crippen LogP contribution in [0.3, 0.4) is 0 Å². The Kier molecular flexibility index (Phi) is 8.72. The van der Waals surface area contributed by atoms with Gasteiger partial charge in [0.2, 0.25) is 0 Å². The molecule has 0 radical (unpaired) electrons. The van der Waals surface area contributed by atoms with Crippen molar-refractivity contribution in [2.24, 2.45) is 5.11 Å². The third-order valence-electron chi connectivity index (χ3n) is 6.40. The summed E-state index contributed by atoms with van der Waals surface area (Å²) in [6.07, 6.45) is -1.30. The average Bonchev–Trinajstić information content (AvgIpc) is 3.01. The van der Waals surface area contributed by atoms with Crippen LogP contribution < -0.4 is 11.2 Å². The number of hydrogen-bond acceptors (Lipinski definition) is 6. The Morgan fingerprint density at radius 2 is 1.88 bits per heavy atom. The van der Waals surface area contributed by atoms with E-state index in [4.69, 9.17) is 15.0 Å². The van der Waals surface area contributed by atoms with Crippen LogP contribution >= 0.6 is 0 Å². The van der Waals surface area contributed by atoms with E-state index in [0.29, 0.717) is 16.6 Å². The van der Waals surface area contributed by atoms with Crippen molar-refractivity contribution < 1.29 is 14.3 Å². The van der Waals surface area contributed by atoms with Crippen LogP contribution in [0.5, 0.6) is 0 Å². The summed E-state index contributed by atoms with van der Waals surface area (Å²) < 4.78 is 12.6. The largest absolute Gasteiger partial charge is 0.457 e. The topological polar surface area (TPSA) is 139 Å². The molecule has 11 heteroatoms. The first-order valence-corrected chi connectivity index (χ1v) is 13.4. The Bertz CT molecular complexity index is 1060. The van der Waals surface area contributed by atoms with Gasteiger partial charge in [0.15, 0.2) is 12.3 Å². The highest BCUT2D eigenvalue weighted by atomic mass is 28.3. The molecule has 2 heterocycles. The summed E-state index contributed by atoms with van der Waals surface area (Å²) in [5, 5.41) is 3.82. The third-order valence-corrected chi connectivity index (χ3v) is 12.7. The molecule has 1 saturated heterocycles. The maximum atomic E-state index is 12.4. The third kappa shape index (κ3) is 5.58. The number of nitrogens with zero attached hydrogens (tertiary/aromatic N) is 4. The van der Waals surface area contributed by atoms with Gasteiger partial charge in [-0.3, -0.25) is 19.1 Å². The van der Waals surface area contributed by atoms with E-state index >= 15 is 0 Å². The Morgan fingerprint density at radius 1 is 1.27 bits per heavy atom. The highest BCUT2D eigenvalue weighted by Gasteiger charge is 2.48. The highest BCUT2D eigenvalue weighted by Crippen LogP contribution is 2.41. The number of carbonyl (C=O) groups is 1. The lowest BCUT2D eigenvalue weighted by Crippen LogP contribution is -2.43. The zero-order valence-electron chi connectivity index (χ0n) is 20.2. The number of azide groups is 1. The van der Waals surface area contributed by atoms with E-state index in [1.165, 1.54) is 19.2 Å². The summed E-state index contributed by atoms with van der Waals surface area (Å²) in [7, 11) is -1.98. The molecule has 0 unspecified atom stereocenters. The van der Waals surface area contributed by atoms with Crippen molar-refractivity contribution in [2.45, 2.75) is 96.0 Å². The monoisotopic (exact) mass is 475 g/mol. The van der Waals surface area contributed by atoms with Crippen LogP contribution in [-0.4, -0.2) is 41.8 Å². The molecule has 1 aromatic heterocycles. The molecule has 2 rings (SSSR count). The fraction of sp³-hybridized carbons (Fsp3) is 0.682. The summed E-state index contributed by atoms with van der Waals surface area (Å²) in [4.78, 5) is 40.7. The van der Waals surface area contributed by atoms with Crippen LogP contribution in [0.4, 0.5) is 0 Å². The van der Waals surface area contributed by atoms with Gasteiger partial charge in [-0.15, -0.1) is 11.5 Å². The standard InChI is InChI=1S/C22H33N5O5Si/c1-13(2)33(14(3)4,15(5)6)12-8-9-17-19(25-26-23)20(31-16(7)28)21(32-17)27-11-10-18(29)24-22(27)30/h10-11,13-15,17,19-21H,9H2,1-7H3,(H,24,29,30)/t17-,19-,20-,21-/m1/s1. The van der Waals surface area contributed by atoms with E-state index in [-0.39, 0.29) is 6.42 Å². The fourth-order valence-corrected chi connectivity index (χ4v) is 10.3. The molecule has 0 aliphatic carbocycles. The molecule has 33 heavy (non-hydrogen) atoms. The molecule has 0 aromatic carbocycles. The van der Waals surface area contributed by atoms with Crippen LogP contribution in [0.15, 0.2) is 27.0 Å². The summed E-state index contributed by atoms with van der Waals surface area (Å²) in [6.45, 7) is 14.5. The van der Waals surface area contributed by atoms with Crippen molar-refractivity contribution in [3.8, 4) is 11.5 Å². The van der Waals surface area contributed by atoms with Gasteiger partial charge in [0.1, 0.15) is 14.1 Å². The van der Waals surface area contributed by atoms with Crippen molar-refractivity contribution in [1.82, 2.24) is 9.55 Å². The minimum Gasteiger partial charge on any atom is -0.457 e. The number of aromatic amines is 1. The van der Waals surface area contributed by atoms with Crippen molar-refractivity contribution in [3.63, 3.8) is 0 Å². The number of aromatic nitrogens is 2. The molecule has 0 bridgehead atoms. The lowest BCUT2D eigenvalue weighted by atomic mass is 10.1. The first kappa shape index (κ1) is 26.4. The second-order valence-electron chi connectivity index (χ2n) is 9.26. The van der Waals surface area contributed by atoms with Crippen LogP contribution in [0.2, 0.25) is 16.6 Å². The zero-order chi connectivity index (χ0) is 24.9. The number of H-pyrrole nitrogens is 1. The van der Waals surface area contributed by atoms with Crippen LogP contribution in [0.25, 0.3) is 10.4 Å². The molecule has 0 spiro atoms. The van der Waals surface area contributed by atoms with E-state index in [1.807, 2.05) is 0 Å². The molecule has 1 aromatic rings. The van der Waals surface area contributed by atoms with Crippen molar-refractivity contribution >= 4 is 14.0 Å². The Labute approximate surface area is 194 Å². The smallest absolute Gasteiger partial charge is 0.330 e. The Morgan fingerprint density at radius 3 is 2.36 bits per heavy atom. The van der Waals surface area contributed by atoms with Gasteiger partial charge in [-0.2, -0.15) is 0 Å². The molecule has 180 valence electrons. The number of carbonyl (C=O) groups excluding carboxylic acids is 1. The molecular formula is C22H33N5O5Si. The van der Waals surface area contributed by atoms with Crippen molar-refractivity contribution in [1.29, 1.82) is 0 Å². The van der Waals surface area contributed by atoms with E-state index in [1.54, 1.807) is 0 Å². The van der Waals surface area contributed by atoms with Crippen LogP contribution in [-0.2, 0) is 14.3 Å². The molecule has 0 amide bonds. The van der Waals surface area contributed by atoms with Gasteiger partial charge in [0, 0.05) is 30.5 Å². The van der Waals surface area contributed by atoms with Gasteiger partial charge >= 0.3 is 11.7 Å². The second kappa shape index (κ2) is 10.9. The van der Waals surface area contributed by atoms with Crippen molar-refractivity contribution in [2.75, 3.05) is 0 Å². The first-order chi connectivity index (χ1) is 15.4. The predicted octanol–water partition coefficient (Wildman–Crippen LogP) is 3.66. The molecule has 10 nitrogen and oxygen atoms in total. The summed E-state index contributed by atoms with van der Waals surface area (Å²) in [6, 6.07) is 0.282. The van der Waals surface area contributed by atoms with Gasteiger partial charge in [0.05, 0.1) is 6.10 Å². The predicted molar refractivity (Wildman–Crippen MR) is 127 cm³/mol. The van der Waals surface area contributed by atoms with Crippen molar-refractivity contribution in [3.05, 3.63) is 43.5 Å². The fourth-order valence-electron chi connectivity index (χ4n) is 4.99. The van der Waals surface area contributed by atoms with Crippen LogP contribution in [0, 0.1) is 11.5 Å². The molecule has 0 saturated carbocycles. The molecule has 1 N–H and O–H groups in total. The summed E-state index contributed by atoms with van der Waals surface area (Å²) in [5.41, 5.74) is 12.8. The molecule has 1 aliphatic heterocycles. The lowest BCUT2D eigenvalue weighted by molar-refractivity contribution is -0.152. The molecule has 1 aliphatic rings. The molecular weight excluding hydrogens is 442 g/mol. The summed E-state index contributed by atoms with van der Waals surface area (Å²) in [5.74, 6) is 2.68. The number of esters is 1. The Hall–Kier alpha value is -2.80. The van der Waals surface area contributed by atoms with Gasteiger partial charge < -0.3 is 9.47 Å². The second-order valence-corrected chi connectivity index (χ2v) is 14.8. The van der Waals surface area contributed by atoms with E-state index in [2.05, 4.69) is 68.0 Å². The maximum Gasteiger partial charge on any atom is 0.330 e. The SMILES string of the molecule is CC(=O)O[C@@H]1[C@H](N=[N+]=[N-])[C@@H](CC#C[Si](C(C)C)(C(C)C)C(C)C)O[C@H]1n1ccc(=O)[nH]c1=O. The zero-order valence-corrected chi connectivity index (χ0v) is 21.2. The van der Waals surface area contributed by atoms with Gasteiger partial charge in [0.25, 0.3) is 5.56 Å². The quantitative estimate of drug-likeness (QED) is 0.160. The van der Waals surface area contributed by atoms with E-state index in [9.17, 15) is 14.4 Å². The van der Waals surface area contributed by atoms with Gasteiger partial charge in [-0.05, 0) is 22.2 Å². The lowest BCUT2D eigenvalue weighted by Gasteiger charge is -2.38. The molecule has 4 atom stereocenters. The highest BCUT2D eigenvalue weighted by molar-refractivity contribution is 6.90. The number of nitrogens with one attached hydrogen (secondary N) is 1. The van der Waals surface area contributed by atoms with E-state index in [0.717, 1.165) is 4.57 Å². The number of ether oxygens (including phenoxy) is 2. The molecule has 1 fully saturated rings. The Balaban J connectivity index is 2.47. The minimum absolute atomic E-state index is 0.247. The van der Waals surface area contributed by atoms with Crippen LogP contribution in [0.1, 0.15) is 61.1 Å². The minimum atomic E-state index is -1.98. The van der Waals surface area contributed by atoms with Gasteiger partial charge in [-0.25, -0.2) is 4.79 Å². The van der Waals surface area contributed by atoms with E-state index < -0.39 is 49.8 Å². The first-order valence-electron chi connectivity index (χ1n) is 11.1. The maximum absolute atomic E-state index is 12.4. The summed E-state index contributed by atoms with van der Waals surface area (Å²) >= 11 is 0. The number of hydrogen-bond donors (Lipinski definition) is 1. The number of rotatable bonds is 7.